The van der Waals surface area contributed by atoms with Gasteiger partial charge in [-0.15, -0.1) is 11.3 Å². The molecule has 0 fully saturated rings. The molecule has 0 atom stereocenters. The third kappa shape index (κ3) is 5.16. The van der Waals surface area contributed by atoms with Crippen molar-refractivity contribution in [3.05, 3.63) is 193 Å². The summed E-state index contributed by atoms with van der Waals surface area (Å²) in [5, 5.41) is 3.79. The Bertz CT molecular complexity index is 3140. The lowest BCUT2D eigenvalue weighted by Gasteiger charge is -2.24. The SMILES string of the molecule is CC1(C)c2cc(-c3cccc(-c4ccc(-c5nc(-c6ccccc6)c6sc7ccccc7c6n5)cc4)c3)ccc2-c2c(-c3ccccc3)cc3ccccc3c21. The minimum absolute atomic E-state index is 0.167. The molecule has 0 N–H and O–H groups in total. The fourth-order valence-electron chi connectivity index (χ4n) is 8.92. The van der Waals surface area contributed by atoms with Gasteiger partial charge in [0.15, 0.2) is 5.82 Å². The Kier molecular flexibility index (Phi) is 7.42. The first-order valence-electron chi connectivity index (χ1n) is 19.2. The summed E-state index contributed by atoms with van der Waals surface area (Å²) in [7, 11) is 0. The lowest BCUT2D eigenvalue weighted by atomic mass is 9.78. The van der Waals surface area contributed by atoms with Crippen LogP contribution in [-0.4, -0.2) is 9.97 Å². The highest BCUT2D eigenvalue weighted by Crippen LogP contribution is 2.55. The second kappa shape index (κ2) is 12.7. The van der Waals surface area contributed by atoms with Gasteiger partial charge >= 0.3 is 0 Å². The monoisotopic (exact) mass is 732 g/mol. The molecular weight excluding hydrogens is 697 g/mol. The van der Waals surface area contributed by atoms with E-state index >= 15 is 0 Å². The Hall–Kier alpha value is -6.68. The van der Waals surface area contributed by atoms with Crippen molar-refractivity contribution in [2.75, 3.05) is 0 Å². The number of benzene rings is 8. The van der Waals surface area contributed by atoms with Crippen LogP contribution in [0.1, 0.15) is 25.0 Å². The summed E-state index contributed by atoms with van der Waals surface area (Å²) in [4.78, 5) is 10.4. The molecule has 0 aliphatic heterocycles. The highest BCUT2D eigenvalue weighted by molar-refractivity contribution is 7.26. The van der Waals surface area contributed by atoms with Crippen LogP contribution in [0.3, 0.4) is 0 Å². The van der Waals surface area contributed by atoms with Crippen LogP contribution in [0.4, 0.5) is 0 Å². The van der Waals surface area contributed by atoms with E-state index in [0.717, 1.165) is 38.4 Å². The van der Waals surface area contributed by atoms with E-state index in [2.05, 4.69) is 196 Å². The summed E-state index contributed by atoms with van der Waals surface area (Å²) in [5.74, 6) is 0.741. The smallest absolute Gasteiger partial charge is 0.160 e. The third-order valence-corrected chi connectivity index (χ3v) is 12.8. The Morgan fingerprint density at radius 2 is 1.05 bits per heavy atom. The maximum Gasteiger partial charge on any atom is 0.160 e. The average molecular weight is 733 g/mol. The molecule has 56 heavy (non-hydrogen) atoms. The van der Waals surface area contributed by atoms with E-state index in [-0.39, 0.29) is 5.41 Å². The highest BCUT2D eigenvalue weighted by atomic mass is 32.1. The Morgan fingerprint density at radius 3 is 1.84 bits per heavy atom. The molecule has 8 aromatic carbocycles. The number of rotatable bonds is 5. The fraction of sp³-hybridized carbons (Fsp3) is 0.0566. The van der Waals surface area contributed by atoms with Gasteiger partial charge in [0.1, 0.15) is 0 Å². The normalized spacial score (nSPS) is 13.0. The first kappa shape index (κ1) is 32.7. The first-order chi connectivity index (χ1) is 27.5. The predicted octanol–water partition coefficient (Wildman–Crippen LogP) is 14.6. The molecule has 0 saturated heterocycles. The molecule has 2 aromatic heterocycles. The molecule has 264 valence electrons. The molecule has 11 rings (SSSR count). The van der Waals surface area contributed by atoms with Crippen LogP contribution in [0.15, 0.2) is 182 Å². The third-order valence-electron chi connectivity index (χ3n) is 11.7. The van der Waals surface area contributed by atoms with Gasteiger partial charge in [0.2, 0.25) is 0 Å². The van der Waals surface area contributed by atoms with E-state index in [1.165, 1.54) is 70.9 Å². The lowest BCUT2D eigenvalue weighted by molar-refractivity contribution is 0.666. The van der Waals surface area contributed by atoms with E-state index < -0.39 is 0 Å². The summed E-state index contributed by atoms with van der Waals surface area (Å²) in [6, 6.07) is 65.9. The van der Waals surface area contributed by atoms with Crippen LogP contribution in [0.2, 0.25) is 0 Å². The fourth-order valence-corrected chi connectivity index (χ4v) is 10.1. The van der Waals surface area contributed by atoms with Crippen molar-refractivity contribution >= 4 is 42.4 Å². The number of hydrogen-bond donors (Lipinski definition) is 0. The first-order valence-corrected chi connectivity index (χ1v) is 20.1. The second-order valence-corrected chi connectivity index (χ2v) is 16.4. The molecule has 0 bridgehead atoms. The molecule has 0 amide bonds. The van der Waals surface area contributed by atoms with Gasteiger partial charge in [-0.3, -0.25) is 0 Å². The van der Waals surface area contributed by atoms with Gasteiger partial charge in [-0.25, -0.2) is 9.97 Å². The summed E-state index contributed by atoms with van der Waals surface area (Å²) in [5.41, 5.74) is 16.7. The van der Waals surface area contributed by atoms with Crippen molar-refractivity contribution in [2.24, 2.45) is 0 Å². The summed E-state index contributed by atoms with van der Waals surface area (Å²) >= 11 is 1.76. The minimum Gasteiger partial charge on any atom is -0.226 e. The zero-order valence-corrected chi connectivity index (χ0v) is 31.9. The quantitative estimate of drug-likeness (QED) is 0.176. The summed E-state index contributed by atoms with van der Waals surface area (Å²) < 4.78 is 2.35. The maximum absolute atomic E-state index is 5.19. The van der Waals surface area contributed by atoms with Crippen LogP contribution >= 0.6 is 11.3 Å². The number of nitrogens with zero attached hydrogens (tertiary/aromatic N) is 2. The van der Waals surface area contributed by atoms with E-state index in [1.807, 2.05) is 0 Å². The Morgan fingerprint density at radius 1 is 0.446 bits per heavy atom. The number of fused-ring (bicyclic) bond motifs is 8. The predicted molar refractivity (Wildman–Crippen MR) is 237 cm³/mol. The summed E-state index contributed by atoms with van der Waals surface area (Å²) in [6.45, 7) is 4.79. The highest BCUT2D eigenvalue weighted by Gasteiger charge is 2.39. The Balaban J connectivity index is 0.971. The summed E-state index contributed by atoms with van der Waals surface area (Å²) in [6.07, 6.45) is 0. The van der Waals surface area contributed by atoms with Crippen LogP contribution < -0.4 is 0 Å². The van der Waals surface area contributed by atoms with Crippen molar-refractivity contribution in [1.82, 2.24) is 9.97 Å². The van der Waals surface area contributed by atoms with E-state index in [4.69, 9.17) is 9.97 Å². The zero-order chi connectivity index (χ0) is 37.4. The zero-order valence-electron chi connectivity index (χ0n) is 31.1. The van der Waals surface area contributed by atoms with Crippen LogP contribution in [0, 0.1) is 0 Å². The lowest BCUT2D eigenvalue weighted by Crippen LogP contribution is -2.15. The number of thiophene rings is 1. The topological polar surface area (TPSA) is 25.8 Å². The van der Waals surface area contributed by atoms with Gasteiger partial charge in [-0.05, 0) is 90.7 Å². The van der Waals surface area contributed by atoms with Crippen molar-refractivity contribution in [3.8, 4) is 67.2 Å². The van der Waals surface area contributed by atoms with E-state index in [0.29, 0.717) is 0 Å². The molecule has 1 aliphatic carbocycles. The Labute approximate surface area is 330 Å². The molecule has 3 heteroatoms. The van der Waals surface area contributed by atoms with E-state index in [1.54, 1.807) is 11.3 Å². The molecule has 0 unspecified atom stereocenters. The van der Waals surface area contributed by atoms with Crippen LogP contribution in [-0.2, 0) is 5.41 Å². The molecular formula is C53H36N2S. The molecule has 1 aliphatic rings. The van der Waals surface area contributed by atoms with Crippen LogP contribution in [0.25, 0.3) is 98.2 Å². The average Bonchev–Trinajstić information content (AvgIpc) is 3.75. The van der Waals surface area contributed by atoms with Gasteiger partial charge in [-0.1, -0.05) is 172 Å². The molecule has 2 heterocycles. The molecule has 0 spiro atoms. The van der Waals surface area contributed by atoms with Gasteiger partial charge in [0, 0.05) is 26.6 Å². The van der Waals surface area contributed by atoms with E-state index in [9.17, 15) is 0 Å². The maximum atomic E-state index is 5.19. The minimum atomic E-state index is -0.167. The number of aromatic nitrogens is 2. The second-order valence-electron chi connectivity index (χ2n) is 15.3. The van der Waals surface area contributed by atoms with Gasteiger partial charge in [0.25, 0.3) is 0 Å². The number of hydrogen-bond acceptors (Lipinski definition) is 3. The van der Waals surface area contributed by atoms with Crippen molar-refractivity contribution in [1.29, 1.82) is 0 Å². The van der Waals surface area contributed by atoms with Crippen molar-refractivity contribution in [2.45, 2.75) is 19.3 Å². The van der Waals surface area contributed by atoms with Crippen molar-refractivity contribution in [3.63, 3.8) is 0 Å². The van der Waals surface area contributed by atoms with Crippen LogP contribution in [0.5, 0.6) is 0 Å². The van der Waals surface area contributed by atoms with Gasteiger partial charge in [-0.2, -0.15) is 0 Å². The standard InChI is InChI=1S/C53H36N2S/c1-53(2)45-32-39(28-29-42(45)47-44(34-14-5-3-6-15-34)31-40-18-9-10-21-41(40)48(47)53)38-20-13-19-37(30-38)33-24-26-36(27-25-33)52-54-49(35-16-7-4-8-17-35)51-50(55-52)43-22-11-12-23-46(43)56-51/h3-32H,1-2H3. The molecule has 10 aromatic rings. The van der Waals surface area contributed by atoms with Crippen molar-refractivity contribution < 1.29 is 0 Å². The molecule has 0 radical (unpaired) electrons. The van der Waals surface area contributed by atoms with Gasteiger partial charge in [0.05, 0.1) is 15.9 Å². The molecule has 0 saturated carbocycles. The molecule has 2 nitrogen and oxygen atoms in total. The largest absolute Gasteiger partial charge is 0.226 e. The van der Waals surface area contributed by atoms with Gasteiger partial charge < -0.3 is 0 Å².